The van der Waals surface area contributed by atoms with Gasteiger partial charge in [-0.3, -0.25) is 9.59 Å². The van der Waals surface area contributed by atoms with Gasteiger partial charge in [-0.2, -0.15) is 0 Å². The lowest BCUT2D eigenvalue weighted by Crippen LogP contribution is -2.42. The van der Waals surface area contributed by atoms with Crippen LogP contribution < -0.4 is 0 Å². The molecule has 1 saturated heterocycles. The van der Waals surface area contributed by atoms with Gasteiger partial charge in [-0.25, -0.2) is 8.42 Å². The van der Waals surface area contributed by atoms with Crippen LogP contribution >= 0.6 is 0 Å². The summed E-state index contributed by atoms with van der Waals surface area (Å²) in [7, 11) is -3.11. The third-order valence-corrected chi connectivity index (χ3v) is 4.55. The summed E-state index contributed by atoms with van der Waals surface area (Å²) in [4.78, 5) is 25.0. The molecule has 0 saturated carbocycles. The summed E-state index contributed by atoms with van der Waals surface area (Å²) in [6.07, 6.45) is 2.42. The summed E-state index contributed by atoms with van der Waals surface area (Å²) in [6.45, 7) is 0.771. The molecule has 1 amide bonds. The molecule has 22 heavy (non-hydrogen) atoms. The molecule has 1 N–H and O–H groups in total. The average molecular weight is 325 g/mol. The topological polar surface area (TPSA) is 91.8 Å². The van der Waals surface area contributed by atoms with E-state index < -0.39 is 21.7 Å². The minimum atomic E-state index is -3.11. The molecule has 1 heterocycles. The van der Waals surface area contributed by atoms with Crippen molar-refractivity contribution in [3.05, 3.63) is 35.4 Å². The number of sulfone groups is 1. The predicted octanol–water partition coefficient (Wildman–Crippen LogP) is 1.17. The van der Waals surface area contributed by atoms with Crippen LogP contribution in [-0.4, -0.2) is 49.6 Å². The van der Waals surface area contributed by atoms with Gasteiger partial charge in [0, 0.05) is 24.9 Å². The van der Waals surface area contributed by atoms with Gasteiger partial charge in [-0.15, -0.1) is 0 Å². The lowest BCUT2D eigenvalue weighted by molar-refractivity contribution is -0.143. The summed E-state index contributed by atoms with van der Waals surface area (Å²) in [6, 6.07) is 6.42. The standard InChI is InChI=1S/C15H19NO5S/c1-22(20,21)10-11-4-6-12(7-5-11)14(17)16-8-2-3-13(9-16)15(18)19/h4-7,13H,2-3,8-10H2,1H3,(H,18,19)/t13-/m0/s1. The number of carbonyl (C=O) groups is 2. The van der Waals surface area contributed by atoms with E-state index in [2.05, 4.69) is 0 Å². The number of hydrogen-bond donors (Lipinski definition) is 1. The maximum Gasteiger partial charge on any atom is 0.308 e. The fraction of sp³-hybridized carbons (Fsp3) is 0.467. The number of aliphatic carboxylic acids is 1. The van der Waals surface area contributed by atoms with E-state index >= 15 is 0 Å². The van der Waals surface area contributed by atoms with Gasteiger partial charge in [0.1, 0.15) is 0 Å². The number of carbonyl (C=O) groups excluding carboxylic acids is 1. The molecule has 1 aliphatic heterocycles. The van der Waals surface area contributed by atoms with Crippen molar-refractivity contribution in [1.82, 2.24) is 4.90 Å². The second-order valence-electron chi connectivity index (χ2n) is 5.70. The first-order valence-corrected chi connectivity index (χ1v) is 9.11. The molecule has 7 heteroatoms. The highest BCUT2D eigenvalue weighted by atomic mass is 32.2. The number of carboxylic acids is 1. The Bertz CT molecular complexity index is 666. The molecule has 1 aliphatic rings. The number of carboxylic acid groups (broad SMARTS) is 1. The van der Waals surface area contributed by atoms with Crippen LogP contribution in [0.5, 0.6) is 0 Å². The van der Waals surface area contributed by atoms with Gasteiger partial charge >= 0.3 is 5.97 Å². The minimum Gasteiger partial charge on any atom is -0.481 e. The zero-order chi connectivity index (χ0) is 16.3. The number of nitrogens with zero attached hydrogens (tertiary/aromatic N) is 1. The first-order chi connectivity index (χ1) is 10.3. The Morgan fingerprint density at radius 1 is 1.27 bits per heavy atom. The Morgan fingerprint density at radius 3 is 2.45 bits per heavy atom. The third kappa shape index (κ3) is 4.30. The second kappa shape index (κ2) is 6.48. The highest BCUT2D eigenvalue weighted by molar-refractivity contribution is 7.89. The van der Waals surface area contributed by atoms with Gasteiger partial charge in [-0.05, 0) is 30.5 Å². The van der Waals surface area contributed by atoms with Crippen LogP contribution in [0.25, 0.3) is 0 Å². The van der Waals surface area contributed by atoms with Crippen molar-refractivity contribution in [1.29, 1.82) is 0 Å². The van der Waals surface area contributed by atoms with Crippen molar-refractivity contribution in [3.8, 4) is 0 Å². The largest absolute Gasteiger partial charge is 0.481 e. The monoisotopic (exact) mass is 325 g/mol. The van der Waals surface area contributed by atoms with Crippen LogP contribution in [0.4, 0.5) is 0 Å². The number of likely N-dealkylation sites (tertiary alicyclic amines) is 1. The molecule has 0 radical (unpaired) electrons. The summed E-state index contributed by atoms with van der Waals surface area (Å²) >= 11 is 0. The molecule has 6 nitrogen and oxygen atoms in total. The molecule has 1 atom stereocenters. The molecular formula is C15H19NO5S. The van der Waals surface area contributed by atoms with Crippen LogP contribution in [0.15, 0.2) is 24.3 Å². The number of piperidine rings is 1. The molecule has 0 aromatic heterocycles. The summed E-state index contributed by atoms with van der Waals surface area (Å²) in [5.74, 6) is -1.66. The SMILES string of the molecule is CS(=O)(=O)Cc1ccc(C(=O)N2CCC[C@H](C(=O)O)C2)cc1. The molecule has 1 aromatic rings. The average Bonchev–Trinajstić information content (AvgIpc) is 2.46. The Morgan fingerprint density at radius 2 is 1.91 bits per heavy atom. The van der Waals surface area contributed by atoms with E-state index in [1.807, 2.05) is 0 Å². The minimum absolute atomic E-state index is 0.0632. The van der Waals surface area contributed by atoms with Crippen molar-refractivity contribution in [2.24, 2.45) is 5.92 Å². The van der Waals surface area contributed by atoms with E-state index in [4.69, 9.17) is 5.11 Å². The molecule has 120 valence electrons. The number of benzene rings is 1. The Kier molecular flexibility index (Phi) is 4.85. The van der Waals surface area contributed by atoms with E-state index in [1.54, 1.807) is 29.2 Å². The highest BCUT2D eigenvalue weighted by Crippen LogP contribution is 2.19. The van der Waals surface area contributed by atoms with Crippen LogP contribution in [0.1, 0.15) is 28.8 Å². The molecule has 1 fully saturated rings. The second-order valence-corrected chi connectivity index (χ2v) is 7.84. The van der Waals surface area contributed by atoms with Crippen LogP contribution in [0.2, 0.25) is 0 Å². The summed E-state index contributed by atoms with van der Waals surface area (Å²) in [5, 5.41) is 9.06. The highest BCUT2D eigenvalue weighted by Gasteiger charge is 2.28. The number of hydrogen-bond acceptors (Lipinski definition) is 4. The fourth-order valence-corrected chi connectivity index (χ4v) is 3.39. The Hall–Kier alpha value is -1.89. The Balaban J connectivity index is 2.08. The zero-order valence-corrected chi connectivity index (χ0v) is 13.2. The zero-order valence-electron chi connectivity index (χ0n) is 12.4. The molecular weight excluding hydrogens is 306 g/mol. The molecule has 1 aromatic carbocycles. The third-order valence-electron chi connectivity index (χ3n) is 3.69. The predicted molar refractivity (Wildman–Crippen MR) is 81.3 cm³/mol. The fourth-order valence-electron chi connectivity index (χ4n) is 2.59. The van der Waals surface area contributed by atoms with Crippen molar-refractivity contribution < 1.29 is 23.1 Å². The molecule has 2 rings (SSSR count). The molecule has 0 unspecified atom stereocenters. The number of rotatable bonds is 4. The maximum atomic E-state index is 12.4. The van der Waals surface area contributed by atoms with Gasteiger partial charge in [-0.1, -0.05) is 12.1 Å². The first kappa shape index (κ1) is 16.5. The molecule has 0 aliphatic carbocycles. The van der Waals surface area contributed by atoms with E-state index in [0.29, 0.717) is 30.5 Å². The lowest BCUT2D eigenvalue weighted by Gasteiger charge is -2.30. The van der Waals surface area contributed by atoms with E-state index in [1.165, 1.54) is 0 Å². The van der Waals surface area contributed by atoms with Gasteiger partial charge in [0.05, 0.1) is 11.7 Å². The molecule has 0 spiro atoms. The van der Waals surface area contributed by atoms with Gasteiger partial charge in [0.15, 0.2) is 9.84 Å². The van der Waals surface area contributed by atoms with E-state index in [0.717, 1.165) is 6.26 Å². The van der Waals surface area contributed by atoms with E-state index in [-0.39, 0.29) is 18.2 Å². The van der Waals surface area contributed by atoms with Crippen molar-refractivity contribution in [3.63, 3.8) is 0 Å². The van der Waals surface area contributed by atoms with Gasteiger partial charge in [0.2, 0.25) is 0 Å². The smallest absolute Gasteiger partial charge is 0.308 e. The van der Waals surface area contributed by atoms with Gasteiger partial charge in [0.25, 0.3) is 5.91 Å². The van der Waals surface area contributed by atoms with Crippen LogP contribution in [0.3, 0.4) is 0 Å². The van der Waals surface area contributed by atoms with Gasteiger partial charge < -0.3 is 10.0 Å². The van der Waals surface area contributed by atoms with E-state index in [9.17, 15) is 18.0 Å². The normalized spacial score (nSPS) is 19.0. The first-order valence-electron chi connectivity index (χ1n) is 7.05. The Labute approximate surface area is 129 Å². The maximum absolute atomic E-state index is 12.4. The number of amides is 1. The van der Waals surface area contributed by atoms with Crippen molar-refractivity contribution in [2.45, 2.75) is 18.6 Å². The van der Waals surface area contributed by atoms with Crippen molar-refractivity contribution in [2.75, 3.05) is 19.3 Å². The molecule has 0 bridgehead atoms. The quantitative estimate of drug-likeness (QED) is 0.897. The lowest BCUT2D eigenvalue weighted by atomic mass is 9.97. The summed E-state index contributed by atoms with van der Waals surface area (Å²) in [5.41, 5.74) is 1.07. The summed E-state index contributed by atoms with van der Waals surface area (Å²) < 4.78 is 22.5. The van der Waals surface area contributed by atoms with Crippen molar-refractivity contribution >= 4 is 21.7 Å². The van der Waals surface area contributed by atoms with Crippen LogP contribution in [-0.2, 0) is 20.4 Å². The van der Waals surface area contributed by atoms with Crippen LogP contribution in [0, 0.1) is 5.92 Å².